The highest BCUT2D eigenvalue weighted by Gasteiger charge is 2.36. The van der Waals surface area contributed by atoms with Crippen LogP contribution in [0, 0.1) is 0 Å². The zero-order chi connectivity index (χ0) is 15.3. The van der Waals surface area contributed by atoms with Gasteiger partial charge in [0.2, 0.25) is 15.3 Å². The van der Waals surface area contributed by atoms with E-state index in [2.05, 4.69) is 5.32 Å². The second kappa shape index (κ2) is 7.15. The zero-order valence-electron chi connectivity index (χ0n) is 12.1. The van der Waals surface area contributed by atoms with Crippen LogP contribution in [0.5, 0.6) is 0 Å². The van der Waals surface area contributed by atoms with E-state index < -0.39 is 15.3 Å². The number of hydrogen-bond donors (Lipinski definition) is 1. The molecule has 2 rings (SSSR count). The number of Topliss-reactive ketones (excluding diaryl/α,β-unsaturated/α-hetero) is 1. The molecule has 2 unspecified atom stereocenters. The van der Waals surface area contributed by atoms with E-state index in [4.69, 9.17) is 4.74 Å². The van der Waals surface area contributed by atoms with Crippen molar-refractivity contribution in [2.75, 3.05) is 13.1 Å². The summed E-state index contributed by atoms with van der Waals surface area (Å²) < 4.78 is 31.0. The summed E-state index contributed by atoms with van der Waals surface area (Å²) in [6.45, 7) is 3.21. The number of sulfone groups is 1. The lowest BCUT2D eigenvalue weighted by molar-refractivity contribution is -0.128. The van der Waals surface area contributed by atoms with Crippen LogP contribution in [0.1, 0.15) is 26.2 Å². The lowest BCUT2D eigenvalue weighted by Crippen LogP contribution is -2.37. The van der Waals surface area contributed by atoms with Gasteiger partial charge in [-0.15, -0.1) is 0 Å². The van der Waals surface area contributed by atoms with Crippen molar-refractivity contribution in [3.63, 3.8) is 0 Å². The van der Waals surface area contributed by atoms with E-state index in [0.29, 0.717) is 13.0 Å². The third-order valence-corrected chi connectivity index (χ3v) is 5.31. The molecular weight excluding hydrogens is 290 g/mol. The maximum Gasteiger partial charge on any atom is 0.221 e. The fourth-order valence-corrected chi connectivity index (χ4v) is 3.89. The molecule has 0 aromatic heterocycles. The first kappa shape index (κ1) is 16.1. The van der Waals surface area contributed by atoms with Crippen molar-refractivity contribution < 1.29 is 17.9 Å². The van der Waals surface area contributed by atoms with Crippen molar-refractivity contribution in [3.8, 4) is 0 Å². The Bertz CT molecular complexity index is 565. The van der Waals surface area contributed by atoms with Gasteiger partial charge in [0, 0.05) is 13.0 Å². The molecule has 0 bridgehead atoms. The van der Waals surface area contributed by atoms with Gasteiger partial charge in [-0.1, -0.05) is 25.1 Å². The van der Waals surface area contributed by atoms with Gasteiger partial charge in [-0.3, -0.25) is 4.79 Å². The Kier molecular flexibility index (Phi) is 5.50. The minimum absolute atomic E-state index is 0.130. The smallest absolute Gasteiger partial charge is 0.221 e. The molecule has 0 aliphatic carbocycles. The predicted octanol–water partition coefficient (Wildman–Crippen LogP) is 1.53. The molecule has 6 heteroatoms. The van der Waals surface area contributed by atoms with Crippen LogP contribution in [0.15, 0.2) is 35.2 Å². The van der Waals surface area contributed by atoms with Gasteiger partial charge in [-0.05, 0) is 31.5 Å². The lowest BCUT2D eigenvalue weighted by atomic mass is 10.2. The van der Waals surface area contributed by atoms with Gasteiger partial charge in [-0.25, -0.2) is 8.42 Å². The molecule has 1 N–H and O–H groups in total. The molecule has 1 aliphatic rings. The molecule has 1 heterocycles. The maximum atomic E-state index is 12.7. The zero-order valence-corrected chi connectivity index (χ0v) is 12.9. The second-order valence-electron chi connectivity index (χ2n) is 5.16. The molecule has 1 aliphatic heterocycles. The number of ether oxygens (including phenoxy) is 1. The molecule has 1 fully saturated rings. The van der Waals surface area contributed by atoms with Crippen molar-refractivity contribution in [2.24, 2.45) is 0 Å². The van der Waals surface area contributed by atoms with Crippen LogP contribution >= 0.6 is 0 Å². The van der Waals surface area contributed by atoms with Crippen molar-refractivity contribution >= 4 is 15.6 Å². The Hall–Kier alpha value is -1.24. The number of hydrogen-bond acceptors (Lipinski definition) is 5. The summed E-state index contributed by atoms with van der Waals surface area (Å²) in [7, 11) is -3.81. The Morgan fingerprint density at radius 2 is 2.10 bits per heavy atom. The van der Waals surface area contributed by atoms with Crippen molar-refractivity contribution in [2.45, 2.75) is 42.6 Å². The largest absolute Gasteiger partial charge is 0.350 e. The van der Waals surface area contributed by atoms with E-state index in [1.807, 2.05) is 6.92 Å². The first-order chi connectivity index (χ1) is 10.1. The van der Waals surface area contributed by atoms with Crippen LogP contribution in [0.4, 0.5) is 0 Å². The summed E-state index contributed by atoms with van der Waals surface area (Å²) in [5, 5.41) is 3.11. The highest BCUT2D eigenvalue weighted by molar-refractivity contribution is 7.92. The fourth-order valence-electron chi connectivity index (χ4n) is 2.34. The maximum absolute atomic E-state index is 12.7. The number of benzene rings is 1. The molecule has 2 atom stereocenters. The molecule has 5 nitrogen and oxygen atoms in total. The van der Waals surface area contributed by atoms with E-state index in [-0.39, 0.29) is 23.2 Å². The van der Waals surface area contributed by atoms with E-state index in [1.54, 1.807) is 18.2 Å². The molecule has 1 aromatic rings. The molecule has 0 amide bonds. The van der Waals surface area contributed by atoms with E-state index in [9.17, 15) is 13.2 Å². The first-order valence-corrected chi connectivity index (χ1v) is 8.78. The molecular formula is C15H21NO4S. The van der Waals surface area contributed by atoms with Crippen molar-refractivity contribution in [1.82, 2.24) is 5.32 Å². The predicted molar refractivity (Wildman–Crippen MR) is 79.7 cm³/mol. The SMILES string of the molecule is CCCC(=O)C(OC1CCNC1)S(=O)(=O)c1ccccc1. The fraction of sp³-hybridized carbons (Fsp3) is 0.533. The summed E-state index contributed by atoms with van der Waals surface area (Å²) in [6, 6.07) is 8.02. The summed E-state index contributed by atoms with van der Waals surface area (Å²) >= 11 is 0. The van der Waals surface area contributed by atoms with Gasteiger partial charge in [0.05, 0.1) is 11.0 Å². The minimum atomic E-state index is -3.81. The standard InChI is InChI=1S/C15H21NO4S/c1-2-6-14(17)15(20-12-9-10-16-11-12)21(18,19)13-7-4-3-5-8-13/h3-5,7-8,12,15-16H,2,6,9-11H2,1H3. The summed E-state index contributed by atoms with van der Waals surface area (Å²) in [6.07, 6.45) is 1.30. The number of nitrogens with one attached hydrogen (secondary N) is 1. The number of rotatable bonds is 7. The van der Waals surface area contributed by atoms with Crippen LogP contribution in [0.2, 0.25) is 0 Å². The topological polar surface area (TPSA) is 72.5 Å². The third-order valence-electron chi connectivity index (χ3n) is 3.44. The Morgan fingerprint density at radius 1 is 1.38 bits per heavy atom. The summed E-state index contributed by atoms with van der Waals surface area (Å²) in [5.41, 5.74) is -1.40. The Balaban J connectivity index is 2.27. The number of carbonyl (C=O) groups is 1. The van der Waals surface area contributed by atoms with Crippen LogP contribution in [-0.4, -0.2) is 38.8 Å². The monoisotopic (exact) mass is 311 g/mol. The van der Waals surface area contributed by atoms with Crippen LogP contribution in [0.25, 0.3) is 0 Å². The average Bonchev–Trinajstić information content (AvgIpc) is 2.99. The minimum Gasteiger partial charge on any atom is -0.350 e. The molecule has 1 saturated heterocycles. The van der Waals surface area contributed by atoms with Crippen molar-refractivity contribution in [1.29, 1.82) is 0 Å². The van der Waals surface area contributed by atoms with Gasteiger partial charge in [0.15, 0.2) is 5.78 Å². The lowest BCUT2D eigenvalue weighted by Gasteiger charge is -2.21. The van der Waals surface area contributed by atoms with Gasteiger partial charge in [0.25, 0.3) is 0 Å². The molecule has 0 radical (unpaired) electrons. The van der Waals surface area contributed by atoms with Crippen molar-refractivity contribution in [3.05, 3.63) is 30.3 Å². The molecule has 1 aromatic carbocycles. The molecule has 0 spiro atoms. The molecule has 0 saturated carbocycles. The third kappa shape index (κ3) is 3.90. The van der Waals surface area contributed by atoms with Gasteiger partial charge in [-0.2, -0.15) is 0 Å². The highest BCUT2D eigenvalue weighted by Crippen LogP contribution is 2.21. The van der Waals surface area contributed by atoms with Crippen LogP contribution in [-0.2, 0) is 19.4 Å². The van der Waals surface area contributed by atoms with Crippen LogP contribution < -0.4 is 5.32 Å². The number of ketones is 1. The Labute approximate surface area is 125 Å². The van der Waals surface area contributed by atoms with E-state index >= 15 is 0 Å². The van der Waals surface area contributed by atoms with E-state index in [1.165, 1.54) is 12.1 Å². The normalized spacial score (nSPS) is 20.3. The van der Waals surface area contributed by atoms with E-state index in [0.717, 1.165) is 13.0 Å². The average molecular weight is 311 g/mol. The van der Waals surface area contributed by atoms with Gasteiger partial charge >= 0.3 is 0 Å². The second-order valence-corrected chi connectivity index (χ2v) is 7.15. The Morgan fingerprint density at radius 3 is 2.67 bits per heavy atom. The van der Waals surface area contributed by atoms with Crippen LogP contribution in [0.3, 0.4) is 0 Å². The summed E-state index contributed by atoms with van der Waals surface area (Å²) in [4.78, 5) is 12.4. The molecule has 116 valence electrons. The highest BCUT2D eigenvalue weighted by atomic mass is 32.2. The van der Waals surface area contributed by atoms with Gasteiger partial charge < -0.3 is 10.1 Å². The molecule has 21 heavy (non-hydrogen) atoms. The first-order valence-electron chi connectivity index (χ1n) is 7.23. The number of carbonyl (C=O) groups excluding carboxylic acids is 1. The quantitative estimate of drug-likeness (QED) is 0.827. The summed E-state index contributed by atoms with van der Waals surface area (Å²) in [5.74, 6) is -0.367. The van der Waals surface area contributed by atoms with Gasteiger partial charge in [0.1, 0.15) is 0 Å².